The zero-order valence-corrected chi connectivity index (χ0v) is 11.0. The van der Waals surface area contributed by atoms with Gasteiger partial charge in [-0.1, -0.05) is 23.8 Å². The molecule has 0 unspecified atom stereocenters. The van der Waals surface area contributed by atoms with Gasteiger partial charge in [-0.3, -0.25) is 4.68 Å². The third-order valence-electron chi connectivity index (χ3n) is 3.20. The highest BCUT2D eigenvalue weighted by Gasteiger charge is 2.21. The Bertz CT molecular complexity index is 627. The largest absolute Gasteiger partial charge is 0.476 e. The first kappa shape index (κ1) is 12.4. The molecule has 0 radical (unpaired) electrons. The van der Waals surface area contributed by atoms with E-state index in [0.29, 0.717) is 5.56 Å². The predicted octanol–water partition coefficient (Wildman–Crippen LogP) is 2.71. The predicted molar refractivity (Wildman–Crippen MR) is 69.8 cm³/mol. The average molecular weight is 244 g/mol. The molecule has 0 saturated carbocycles. The summed E-state index contributed by atoms with van der Waals surface area (Å²) in [4.78, 5) is 11.3. The van der Waals surface area contributed by atoms with E-state index in [9.17, 15) is 9.90 Å². The molecule has 0 aliphatic rings. The second-order valence-electron chi connectivity index (χ2n) is 4.56. The number of aromatic carboxylic acids is 1. The van der Waals surface area contributed by atoms with Gasteiger partial charge in [-0.2, -0.15) is 5.10 Å². The van der Waals surface area contributed by atoms with Crippen LogP contribution in [0.25, 0.3) is 11.1 Å². The lowest BCUT2D eigenvalue weighted by atomic mass is 9.97. The van der Waals surface area contributed by atoms with Crippen molar-refractivity contribution in [3.8, 4) is 11.1 Å². The van der Waals surface area contributed by atoms with Gasteiger partial charge < -0.3 is 5.11 Å². The van der Waals surface area contributed by atoms with Crippen LogP contribution in [0.15, 0.2) is 18.2 Å². The quantitative estimate of drug-likeness (QED) is 0.883. The minimum absolute atomic E-state index is 0.115. The molecule has 18 heavy (non-hydrogen) atoms. The average Bonchev–Trinajstić information content (AvgIpc) is 2.60. The first-order valence-electron chi connectivity index (χ1n) is 5.76. The molecule has 1 heterocycles. The molecule has 0 aliphatic heterocycles. The van der Waals surface area contributed by atoms with Gasteiger partial charge >= 0.3 is 5.97 Å². The summed E-state index contributed by atoms with van der Waals surface area (Å²) in [5.74, 6) is -0.991. The fourth-order valence-corrected chi connectivity index (χ4v) is 2.09. The molecule has 0 amide bonds. The van der Waals surface area contributed by atoms with Crippen LogP contribution in [0.5, 0.6) is 0 Å². The van der Waals surface area contributed by atoms with Crippen molar-refractivity contribution < 1.29 is 9.90 Å². The molecule has 0 atom stereocenters. The van der Waals surface area contributed by atoms with Crippen LogP contribution in [-0.2, 0) is 7.05 Å². The van der Waals surface area contributed by atoms with Gasteiger partial charge in [-0.15, -0.1) is 0 Å². The summed E-state index contributed by atoms with van der Waals surface area (Å²) in [7, 11) is 1.76. The molecule has 1 N–H and O–H groups in total. The van der Waals surface area contributed by atoms with E-state index in [1.54, 1.807) is 11.7 Å². The van der Waals surface area contributed by atoms with Crippen molar-refractivity contribution in [1.82, 2.24) is 9.78 Å². The molecule has 0 aliphatic carbocycles. The molecular weight excluding hydrogens is 228 g/mol. The van der Waals surface area contributed by atoms with Crippen LogP contribution >= 0.6 is 0 Å². The number of rotatable bonds is 2. The maximum atomic E-state index is 11.3. The minimum atomic E-state index is -0.991. The van der Waals surface area contributed by atoms with Crippen LogP contribution in [0.3, 0.4) is 0 Å². The summed E-state index contributed by atoms with van der Waals surface area (Å²) >= 11 is 0. The Morgan fingerprint density at radius 3 is 2.56 bits per heavy atom. The summed E-state index contributed by atoms with van der Waals surface area (Å²) < 4.78 is 1.61. The molecule has 0 bridgehead atoms. The van der Waals surface area contributed by atoms with Gasteiger partial charge in [0, 0.05) is 18.3 Å². The van der Waals surface area contributed by atoms with Gasteiger partial charge in [0.1, 0.15) is 0 Å². The fourth-order valence-electron chi connectivity index (χ4n) is 2.09. The second-order valence-corrected chi connectivity index (χ2v) is 4.56. The maximum absolute atomic E-state index is 11.3. The second kappa shape index (κ2) is 4.29. The van der Waals surface area contributed by atoms with E-state index in [0.717, 1.165) is 22.4 Å². The molecule has 2 rings (SSSR count). The minimum Gasteiger partial charge on any atom is -0.476 e. The lowest BCUT2D eigenvalue weighted by Crippen LogP contribution is -2.01. The van der Waals surface area contributed by atoms with Crippen LogP contribution in [0, 0.1) is 20.8 Å². The summed E-state index contributed by atoms with van der Waals surface area (Å²) in [5, 5.41) is 13.3. The Kier molecular flexibility index (Phi) is 2.95. The normalized spacial score (nSPS) is 10.7. The summed E-state index contributed by atoms with van der Waals surface area (Å²) in [6.45, 7) is 5.86. The lowest BCUT2D eigenvalue weighted by molar-refractivity contribution is 0.0690. The van der Waals surface area contributed by atoms with Crippen LogP contribution in [0.2, 0.25) is 0 Å². The summed E-state index contributed by atoms with van der Waals surface area (Å²) in [6, 6.07) is 6.03. The molecule has 2 aromatic rings. The number of hydrogen-bond acceptors (Lipinski definition) is 2. The van der Waals surface area contributed by atoms with E-state index in [1.165, 1.54) is 0 Å². The number of aryl methyl sites for hydroxylation is 3. The van der Waals surface area contributed by atoms with Crippen LogP contribution in [0.4, 0.5) is 0 Å². The van der Waals surface area contributed by atoms with Gasteiger partial charge in [0.2, 0.25) is 0 Å². The Morgan fingerprint density at radius 1 is 1.28 bits per heavy atom. The zero-order chi connectivity index (χ0) is 13.4. The summed E-state index contributed by atoms with van der Waals surface area (Å²) in [6.07, 6.45) is 0. The van der Waals surface area contributed by atoms with Crippen molar-refractivity contribution in [1.29, 1.82) is 0 Å². The number of carboxylic acids is 1. The number of benzene rings is 1. The lowest BCUT2D eigenvalue weighted by Gasteiger charge is -2.07. The monoisotopic (exact) mass is 244 g/mol. The topological polar surface area (TPSA) is 55.1 Å². The Morgan fingerprint density at radius 2 is 1.94 bits per heavy atom. The highest BCUT2D eigenvalue weighted by Crippen LogP contribution is 2.30. The van der Waals surface area contributed by atoms with E-state index in [-0.39, 0.29) is 5.69 Å². The highest BCUT2D eigenvalue weighted by atomic mass is 16.4. The first-order chi connectivity index (χ1) is 8.41. The highest BCUT2D eigenvalue weighted by molar-refractivity contribution is 5.95. The number of aromatic nitrogens is 2. The van der Waals surface area contributed by atoms with Gasteiger partial charge in [-0.25, -0.2) is 4.79 Å². The number of carboxylic acid groups (broad SMARTS) is 1. The zero-order valence-electron chi connectivity index (χ0n) is 11.0. The first-order valence-corrected chi connectivity index (χ1v) is 5.76. The number of nitrogens with zero attached hydrogens (tertiary/aromatic N) is 2. The van der Waals surface area contributed by atoms with E-state index >= 15 is 0 Å². The van der Waals surface area contributed by atoms with Crippen molar-refractivity contribution in [2.24, 2.45) is 7.05 Å². The molecular formula is C14H16N2O2. The molecule has 0 fully saturated rings. The van der Waals surface area contributed by atoms with E-state index in [4.69, 9.17) is 0 Å². The Labute approximate surface area is 106 Å². The standard InChI is InChI=1S/C14H16N2O2/c1-8-5-6-9(2)11(7-8)12-10(3)16(4)15-13(12)14(17)18/h5-7H,1-4H3,(H,17,18). The fraction of sp³-hybridized carbons (Fsp3) is 0.286. The Balaban J connectivity index is 2.77. The number of carbonyl (C=O) groups is 1. The van der Waals surface area contributed by atoms with Crippen LogP contribution in [0.1, 0.15) is 27.3 Å². The molecule has 1 aromatic heterocycles. The van der Waals surface area contributed by atoms with Gasteiger partial charge in [0.05, 0.1) is 0 Å². The van der Waals surface area contributed by atoms with Crippen LogP contribution < -0.4 is 0 Å². The van der Waals surface area contributed by atoms with E-state index in [1.807, 2.05) is 39.0 Å². The maximum Gasteiger partial charge on any atom is 0.357 e. The van der Waals surface area contributed by atoms with E-state index in [2.05, 4.69) is 5.10 Å². The molecule has 0 spiro atoms. The molecule has 1 aromatic carbocycles. The van der Waals surface area contributed by atoms with E-state index < -0.39 is 5.97 Å². The molecule has 0 saturated heterocycles. The van der Waals surface area contributed by atoms with Crippen molar-refractivity contribution in [3.05, 3.63) is 40.7 Å². The third kappa shape index (κ3) is 1.90. The van der Waals surface area contributed by atoms with Crippen molar-refractivity contribution in [3.63, 3.8) is 0 Å². The van der Waals surface area contributed by atoms with Crippen molar-refractivity contribution in [2.75, 3.05) is 0 Å². The van der Waals surface area contributed by atoms with Gasteiger partial charge in [0.15, 0.2) is 5.69 Å². The van der Waals surface area contributed by atoms with Crippen molar-refractivity contribution in [2.45, 2.75) is 20.8 Å². The number of hydrogen-bond donors (Lipinski definition) is 1. The summed E-state index contributed by atoms with van der Waals surface area (Å²) in [5.41, 5.74) is 4.79. The molecule has 4 heteroatoms. The van der Waals surface area contributed by atoms with Crippen molar-refractivity contribution >= 4 is 5.97 Å². The third-order valence-corrected chi connectivity index (χ3v) is 3.20. The van der Waals surface area contributed by atoms with Gasteiger partial charge in [-0.05, 0) is 31.9 Å². The Hall–Kier alpha value is -2.10. The van der Waals surface area contributed by atoms with Crippen LogP contribution in [-0.4, -0.2) is 20.9 Å². The molecule has 4 nitrogen and oxygen atoms in total. The smallest absolute Gasteiger partial charge is 0.357 e. The van der Waals surface area contributed by atoms with Gasteiger partial charge in [0.25, 0.3) is 0 Å². The SMILES string of the molecule is Cc1ccc(C)c(-c2c(C(=O)O)nn(C)c2C)c1. The molecule has 94 valence electrons.